The smallest absolute Gasteiger partial charge is 0.327 e. The second-order valence-corrected chi connectivity index (χ2v) is 8.07. The molecule has 1 aromatic rings. The fourth-order valence-electron chi connectivity index (χ4n) is 3.49. The zero-order chi connectivity index (χ0) is 24.7. The van der Waals surface area contributed by atoms with Crippen LogP contribution >= 0.6 is 0 Å². The monoisotopic (exact) mass is 465 g/mol. The number of hydrogen-bond donors (Lipinski definition) is 2. The lowest BCUT2D eigenvalue weighted by molar-refractivity contribution is -0.144. The minimum atomic E-state index is -0.502. The summed E-state index contributed by atoms with van der Waals surface area (Å²) >= 11 is 0. The number of rotatable bonds is 9. The molecule has 0 saturated heterocycles. The van der Waals surface area contributed by atoms with Crippen LogP contribution in [-0.2, 0) is 16.1 Å². The Hall–Kier alpha value is -3.82. The first-order chi connectivity index (χ1) is 16.3. The van der Waals surface area contributed by atoms with Crippen molar-refractivity contribution < 1.29 is 14.3 Å². The van der Waals surface area contributed by atoms with Crippen LogP contribution in [0.15, 0.2) is 61.8 Å². The van der Waals surface area contributed by atoms with E-state index in [2.05, 4.69) is 20.1 Å². The van der Waals surface area contributed by atoms with Crippen LogP contribution < -0.4 is 11.5 Å². The van der Waals surface area contributed by atoms with Gasteiger partial charge in [-0.3, -0.25) is 14.3 Å². The highest BCUT2D eigenvalue weighted by Crippen LogP contribution is 2.39. The zero-order valence-corrected chi connectivity index (χ0v) is 19.8. The number of amides is 1. The third kappa shape index (κ3) is 6.60. The van der Waals surface area contributed by atoms with Crippen molar-refractivity contribution in [2.75, 3.05) is 13.2 Å². The summed E-state index contributed by atoms with van der Waals surface area (Å²) in [6, 6.07) is 0. The van der Waals surface area contributed by atoms with Gasteiger partial charge in [-0.25, -0.2) is 9.98 Å². The van der Waals surface area contributed by atoms with Gasteiger partial charge in [0.25, 0.3) is 5.91 Å². The normalized spacial score (nSPS) is 18.6. The topological polar surface area (TPSA) is 150 Å². The van der Waals surface area contributed by atoms with Crippen LogP contribution in [0.2, 0.25) is 0 Å². The average molecular weight is 466 g/mol. The van der Waals surface area contributed by atoms with Crippen molar-refractivity contribution >= 4 is 29.9 Å². The van der Waals surface area contributed by atoms with Crippen LogP contribution in [0, 0.1) is 5.92 Å². The van der Waals surface area contributed by atoms with Crippen molar-refractivity contribution in [1.82, 2.24) is 9.78 Å². The molecule has 0 atom stereocenters. The lowest BCUT2D eigenvalue weighted by Gasteiger charge is -2.11. The Morgan fingerprint density at radius 2 is 2.06 bits per heavy atom. The van der Waals surface area contributed by atoms with Crippen molar-refractivity contribution in [3.8, 4) is 0 Å². The first-order valence-corrected chi connectivity index (χ1v) is 11.3. The molecule has 10 heteroatoms. The molecular weight excluding hydrogens is 434 g/mol. The van der Waals surface area contributed by atoms with E-state index in [0.717, 1.165) is 41.6 Å². The van der Waals surface area contributed by atoms with Gasteiger partial charge in [-0.15, -0.1) is 0 Å². The lowest BCUT2D eigenvalue weighted by atomic mass is 9.98. The predicted molar refractivity (Wildman–Crippen MR) is 132 cm³/mol. The summed E-state index contributed by atoms with van der Waals surface area (Å²) in [5.74, 6) is -0.139. The summed E-state index contributed by atoms with van der Waals surface area (Å²) in [7, 11) is 0. The van der Waals surface area contributed by atoms with Crippen LogP contribution in [0.25, 0.3) is 0 Å². The van der Waals surface area contributed by atoms with E-state index >= 15 is 0 Å². The van der Waals surface area contributed by atoms with Crippen LogP contribution in [0.5, 0.6) is 0 Å². The molecule has 10 nitrogen and oxygen atoms in total. The molecule has 0 spiro atoms. The average Bonchev–Trinajstić information content (AvgIpc) is 3.53. The van der Waals surface area contributed by atoms with E-state index in [9.17, 15) is 9.59 Å². The number of carbonyl (C=O) groups excluding carboxylic acids is 2. The Labute approximate surface area is 198 Å². The molecule has 0 bridgehead atoms. The number of aliphatic imine (C=N–C) groups is 3. The number of esters is 1. The van der Waals surface area contributed by atoms with Gasteiger partial charge in [0.15, 0.2) is 0 Å². The quantitative estimate of drug-likeness (QED) is 0.247. The molecule has 4 N–H and O–H groups in total. The summed E-state index contributed by atoms with van der Waals surface area (Å²) < 4.78 is 6.24. The Balaban J connectivity index is 1.80. The number of nitrogens with zero attached hydrogens (tertiary/aromatic N) is 5. The molecule has 0 radical (unpaired) electrons. The van der Waals surface area contributed by atoms with Crippen LogP contribution in [0.3, 0.4) is 0 Å². The second-order valence-electron chi connectivity index (χ2n) is 8.07. The SMILES string of the molecule is CCOC(=O)Cn1cc(C(=O)N=C(N)/C(=C(/C=C\C(C)=C2/C=NC(N)=NC2)CC)C2CC2)cn1. The summed E-state index contributed by atoms with van der Waals surface area (Å²) in [5.41, 5.74) is 16.1. The molecule has 0 unspecified atom stereocenters. The van der Waals surface area contributed by atoms with Gasteiger partial charge in [0, 0.05) is 18.0 Å². The molecule has 1 fully saturated rings. The van der Waals surface area contributed by atoms with E-state index in [1.54, 1.807) is 13.1 Å². The van der Waals surface area contributed by atoms with Gasteiger partial charge < -0.3 is 16.2 Å². The molecule has 34 heavy (non-hydrogen) atoms. The molecule has 1 saturated carbocycles. The fourth-order valence-corrected chi connectivity index (χ4v) is 3.49. The third-order valence-corrected chi connectivity index (χ3v) is 5.49. The molecule has 2 heterocycles. The minimum Gasteiger partial charge on any atom is -0.465 e. The highest BCUT2D eigenvalue weighted by Gasteiger charge is 2.30. The maximum Gasteiger partial charge on any atom is 0.327 e. The largest absolute Gasteiger partial charge is 0.465 e. The zero-order valence-electron chi connectivity index (χ0n) is 19.8. The number of amidine groups is 1. The van der Waals surface area contributed by atoms with E-state index in [1.165, 1.54) is 17.1 Å². The maximum absolute atomic E-state index is 12.7. The Morgan fingerprint density at radius 3 is 2.68 bits per heavy atom. The van der Waals surface area contributed by atoms with E-state index < -0.39 is 11.9 Å². The van der Waals surface area contributed by atoms with E-state index in [0.29, 0.717) is 6.54 Å². The van der Waals surface area contributed by atoms with Crippen molar-refractivity contribution in [1.29, 1.82) is 0 Å². The number of ether oxygens (including phenoxy) is 1. The molecule has 1 aliphatic carbocycles. The van der Waals surface area contributed by atoms with E-state index in [-0.39, 0.29) is 36.4 Å². The van der Waals surface area contributed by atoms with Crippen molar-refractivity contribution in [3.05, 3.63) is 52.4 Å². The van der Waals surface area contributed by atoms with Crippen molar-refractivity contribution in [2.24, 2.45) is 32.4 Å². The van der Waals surface area contributed by atoms with Crippen LogP contribution in [-0.4, -0.2) is 52.8 Å². The lowest BCUT2D eigenvalue weighted by Crippen LogP contribution is -2.20. The van der Waals surface area contributed by atoms with E-state index in [1.807, 2.05) is 26.0 Å². The Bertz CT molecular complexity index is 1130. The molecule has 0 aromatic carbocycles. The van der Waals surface area contributed by atoms with Crippen LogP contribution in [0.1, 0.15) is 50.4 Å². The van der Waals surface area contributed by atoms with Gasteiger partial charge in [-0.05, 0) is 55.7 Å². The molecular formula is C24H31N7O3. The van der Waals surface area contributed by atoms with Gasteiger partial charge in [0.1, 0.15) is 12.4 Å². The minimum absolute atomic E-state index is 0.0736. The number of carbonyl (C=O) groups is 2. The number of nitrogens with two attached hydrogens (primary N) is 2. The summed E-state index contributed by atoms with van der Waals surface area (Å²) in [6.45, 7) is 6.47. The van der Waals surface area contributed by atoms with Crippen molar-refractivity contribution in [2.45, 2.75) is 46.6 Å². The molecule has 1 amide bonds. The van der Waals surface area contributed by atoms with Gasteiger partial charge in [0.2, 0.25) is 5.96 Å². The highest BCUT2D eigenvalue weighted by molar-refractivity contribution is 6.09. The van der Waals surface area contributed by atoms with Gasteiger partial charge in [-0.1, -0.05) is 19.1 Å². The number of allylic oxidation sites excluding steroid dienone is 4. The molecule has 1 aromatic heterocycles. The Kier molecular flexibility index (Phi) is 8.29. The summed E-state index contributed by atoms with van der Waals surface area (Å²) in [6.07, 6.45) is 11.4. The second kappa shape index (κ2) is 11.4. The highest BCUT2D eigenvalue weighted by atomic mass is 16.5. The van der Waals surface area contributed by atoms with Gasteiger partial charge >= 0.3 is 5.97 Å². The fraction of sp³-hybridized carbons (Fsp3) is 0.417. The molecule has 2 aliphatic rings. The van der Waals surface area contributed by atoms with Gasteiger partial charge in [-0.2, -0.15) is 10.1 Å². The predicted octanol–water partition coefficient (Wildman–Crippen LogP) is 2.33. The molecule has 3 rings (SSSR count). The number of guanidine groups is 1. The molecule has 1 aliphatic heterocycles. The number of hydrogen-bond acceptors (Lipinski definition) is 7. The third-order valence-electron chi connectivity index (χ3n) is 5.49. The van der Waals surface area contributed by atoms with Crippen molar-refractivity contribution in [3.63, 3.8) is 0 Å². The van der Waals surface area contributed by atoms with E-state index in [4.69, 9.17) is 16.2 Å². The van der Waals surface area contributed by atoms with Gasteiger partial charge in [0.05, 0.1) is 24.9 Å². The summed E-state index contributed by atoms with van der Waals surface area (Å²) in [5, 5.41) is 4.04. The standard InChI is InChI=1S/C24H31N7O3/c1-4-16(7-6-15(3)18-10-27-24(26)28-11-18)21(17-8-9-17)22(25)30-23(33)19-12-29-31(13-19)14-20(32)34-5-2/h6-7,10,12-13,17H,4-5,8-9,11,14H2,1-3H3,(H2,26,28)(H2,25,30,33)/b7-6-,18-15+,21-16+. The Morgan fingerprint density at radius 1 is 1.29 bits per heavy atom. The first-order valence-electron chi connectivity index (χ1n) is 11.3. The summed E-state index contributed by atoms with van der Waals surface area (Å²) in [4.78, 5) is 36.7. The molecule has 180 valence electrons. The number of aromatic nitrogens is 2. The first kappa shape index (κ1) is 24.8. The van der Waals surface area contributed by atoms with Crippen LogP contribution in [0.4, 0.5) is 0 Å². The maximum atomic E-state index is 12.7.